The summed E-state index contributed by atoms with van der Waals surface area (Å²) in [5.41, 5.74) is 7.63. The van der Waals surface area contributed by atoms with Crippen LogP contribution in [0.25, 0.3) is 0 Å². The summed E-state index contributed by atoms with van der Waals surface area (Å²) in [5.74, 6) is 2.85. The molecule has 2 aromatic heterocycles. The van der Waals surface area contributed by atoms with E-state index in [0.717, 1.165) is 23.4 Å². The highest BCUT2D eigenvalue weighted by atomic mass is 16.5. The van der Waals surface area contributed by atoms with Crippen molar-refractivity contribution < 1.29 is 14.3 Å². The molecule has 0 radical (unpaired) electrons. The van der Waals surface area contributed by atoms with Crippen LogP contribution in [0.3, 0.4) is 0 Å². The molecule has 2 fully saturated rings. The highest BCUT2D eigenvalue weighted by Crippen LogP contribution is 2.47. The van der Waals surface area contributed by atoms with Gasteiger partial charge in [0.15, 0.2) is 0 Å². The van der Waals surface area contributed by atoms with Crippen LogP contribution >= 0.6 is 0 Å². The molecule has 0 bridgehead atoms. The maximum absolute atomic E-state index is 11.4. The number of carbonyl (C=O) groups is 1. The fourth-order valence-corrected chi connectivity index (χ4v) is 3.34. The fraction of sp³-hybridized carbons (Fsp3) is 0.474. The molecule has 1 aliphatic heterocycles. The first-order valence-corrected chi connectivity index (χ1v) is 9.14. The summed E-state index contributed by atoms with van der Waals surface area (Å²) in [7, 11) is 1.64. The molecule has 1 aliphatic carbocycles. The van der Waals surface area contributed by atoms with Gasteiger partial charge in [-0.15, -0.1) is 0 Å². The second-order valence-electron chi connectivity index (χ2n) is 7.00. The zero-order valence-corrected chi connectivity index (χ0v) is 15.4. The summed E-state index contributed by atoms with van der Waals surface area (Å²) in [6.07, 6.45) is 5.74. The lowest BCUT2D eigenvalue weighted by Gasteiger charge is -2.25. The molecule has 142 valence electrons. The van der Waals surface area contributed by atoms with Gasteiger partial charge in [0.2, 0.25) is 11.8 Å². The third-order valence-corrected chi connectivity index (χ3v) is 5.05. The van der Waals surface area contributed by atoms with Gasteiger partial charge < -0.3 is 9.47 Å². The first kappa shape index (κ1) is 17.7. The molecule has 1 amide bonds. The predicted molar refractivity (Wildman–Crippen MR) is 97.2 cm³/mol. The van der Waals surface area contributed by atoms with Gasteiger partial charge in [-0.3, -0.25) is 15.2 Å². The van der Waals surface area contributed by atoms with Gasteiger partial charge in [-0.2, -0.15) is 4.98 Å². The number of amides is 1. The maximum atomic E-state index is 11.4. The monoisotopic (exact) mass is 369 g/mol. The van der Waals surface area contributed by atoms with E-state index in [2.05, 4.69) is 25.8 Å². The zero-order valence-electron chi connectivity index (χ0n) is 15.4. The SMILES string of the molecule is COc1ccc([C@H]2C[C@@H]2COc2nc(C)ncc2C2CCC(=O)NN2)nc1. The minimum Gasteiger partial charge on any atom is -0.495 e. The topological polar surface area (TPSA) is 98.3 Å². The Kier molecular flexibility index (Phi) is 4.89. The summed E-state index contributed by atoms with van der Waals surface area (Å²) in [6.45, 7) is 2.43. The number of methoxy groups -OCH3 is 1. The van der Waals surface area contributed by atoms with E-state index in [9.17, 15) is 4.79 Å². The lowest BCUT2D eigenvalue weighted by Crippen LogP contribution is -2.44. The van der Waals surface area contributed by atoms with Gasteiger partial charge in [-0.1, -0.05) is 0 Å². The largest absolute Gasteiger partial charge is 0.495 e. The van der Waals surface area contributed by atoms with Crippen molar-refractivity contribution >= 4 is 5.91 Å². The molecule has 1 saturated heterocycles. The number of ether oxygens (including phenoxy) is 2. The summed E-state index contributed by atoms with van der Waals surface area (Å²) in [4.78, 5) is 24.6. The Balaban J connectivity index is 1.39. The number of nitrogens with zero attached hydrogens (tertiary/aromatic N) is 3. The van der Waals surface area contributed by atoms with E-state index in [1.165, 1.54) is 0 Å². The Hall–Kier alpha value is -2.74. The number of carbonyl (C=O) groups excluding carboxylic acids is 1. The van der Waals surface area contributed by atoms with Gasteiger partial charge in [-0.05, 0) is 31.9 Å². The van der Waals surface area contributed by atoms with Crippen molar-refractivity contribution in [1.29, 1.82) is 0 Å². The van der Waals surface area contributed by atoms with Crippen molar-refractivity contribution in [3.63, 3.8) is 0 Å². The molecule has 2 aliphatic rings. The Labute approximate surface area is 157 Å². The molecule has 3 heterocycles. The molecule has 2 aromatic rings. The average molecular weight is 369 g/mol. The number of hydrogen-bond acceptors (Lipinski definition) is 7. The highest BCUT2D eigenvalue weighted by molar-refractivity contribution is 5.76. The van der Waals surface area contributed by atoms with Crippen LogP contribution in [-0.2, 0) is 4.79 Å². The number of aromatic nitrogens is 3. The molecule has 4 rings (SSSR count). The lowest BCUT2D eigenvalue weighted by atomic mass is 10.0. The van der Waals surface area contributed by atoms with E-state index < -0.39 is 0 Å². The quantitative estimate of drug-likeness (QED) is 0.801. The highest BCUT2D eigenvalue weighted by Gasteiger charge is 2.40. The number of rotatable bonds is 6. The molecule has 3 atom stereocenters. The smallest absolute Gasteiger partial charge is 0.234 e. The number of pyridine rings is 1. The van der Waals surface area contributed by atoms with Gasteiger partial charge in [0.1, 0.15) is 11.6 Å². The first-order valence-electron chi connectivity index (χ1n) is 9.14. The Morgan fingerprint density at radius 2 is 2.15 bits per heavy atom. The number of nitrogens with one attached hydrogen (secondary N) is 2. The van der Waals surface area contributed by atoms with Gasteiger partial charge in [0, 0.05) is 30.1 Å². The van der Waals surface area contributed by atoms with Crippen LogP contribution in [0.1, 0.15) is 48.3 Å². The lowest BCUT2D eigenvalue weighted by molar-refractivity contribution is -0.124. The Morgan fingerprint density at radius 3 is 2.85 bits per heavy atom. The van der Waals surface area contributed by atoms with E-state index in [1.54, 1.807) is 19.5 Å². The summed E-state index contributed by atoms with van der Waals surface area (Å²) in [6, 6.07) is 3.91. The van der Waals surface area contributed by atoms with Crippen LogP contribution in [-0.4, -0.2) is 34.6 Å². The molecule has 1 saturated carbocycles. The van der Waals surface area contributed by atoms with Crippen LogP contribution in [0.15, 0.2) is 24.5 Å². The second-order valence-corrected chi connectivity index (χ2v) is 7.00. The van der Waals surface area contributed by atoms with Crippen molar-refractivity contribution in [3.8, 4) is 11.6 Å². The van der Waals surface area contributed by atoms with E-state index >= 15 is 0 Å². The van der Waals surface area contributed by atoms with Gasteiger partial charge in [0.25, 0.3) is 0 Å². The maximum Gasteiger partial charge on any atom is 0.234 e. The molecule has 1 unspecified atom stereocenters. The predicted octanol–water partition coefficient (Wildman–Crippen LogP) is 1.83. The van der Waals surface area contributed by atoms with Crippen LogP contribution < -0.4 is 20.3 Å². The van der Waals surface area contributed by atoms with Gasteiger partial charge in [0.05, 0.1) is 31.5 Å². The van der Waals surface area contributed by atoms with Crippen molar-refractivity contribution in [3.05, 3.63) is 41.6 Å². The summed E-state index contributed by atoms with van der Waals surface area (Å²) >= 11 is 0. The van der Waals surface area contributed by atoms with Crippen LogP contribution in [0.5, 0.6) is 11.6 Å². The van der Waals surface area contributed by atoms with Crippen molar-refractivity contribution in [2.45, 2.75) is 38.1 Å². The molecule has 8 nitrogen and oxygen atoms in total. The Morgan fingerprint density at radius 1 is 1.26 bits per heavy atom. The molecule has 0 spiro atoms. The standard InChI is InChI=1S/C19H23N5O3/c1-11-20-9-15(17-5-6-18(25)24-23-17)19(22-11)27-10-12-7-14(12)16-4-3-13(26-2)8-21-16/h3-4,8-9,12,14,17,23H,5-7,10H2,1-2H3,(H,24,25)/t12-,14+,17?/m1/s1. The van der Waals surface area contributed by atoms with Crippen molar-refractivity contribution in [2.75, 3.05) is 13.7 Å². The van der Waals surface area contributed by atoms with E-state index in [-0.39, 0.29) is 11.9 Å². The van der Waals surface area contributed by atoms with Crippen LogP contribution in [0, 0.1) is 12.8 Å². The molecule has 8 heteroatoms. The van der Waals surface area contributed by atoms with Crippen molar-refractivity contribution in [2.24, 2.45) is 5.92 Å². The molecule has 0 aromatic carbocycles. The number of aryl methyl sites for hydroxylation is 1. The fourth-order valence-electron chi connectivity index (χ4n) is 3.34. The van der Waals surface area contributed by atoms with Gasteiger partial charge >= 0.3 is 0 Å². The average Bonchev–Trinajstić information content (AvgIpc) is 3.47. The van der Waals surface area contributed by atoms with Crippen molar-refractivity contribution in [1.82, 2.24) is 25.8 Å². The summed E-state index contributed by atoms with van der Waals surface area (Å²) < 4.78 is 11.2. The van der Waals surface area contributed by atoms with Crippen LogP contribution in [0.4, 0.5) is 0 Å². The minimum atomic E-state index is -0.0449. The number of hydrazine groups is 1. The third kappa shape index (κ3) is 4.00. The number of hydrogen-bond donors (Lipinski definition) is 2. The van der Waals surface area contributed by atoms with Crippen LogP contribution in [0.2, 0.25) is 0 Å². The molecule has 27 heavy (non-hydrogen) atoms. The zero-order chi connectivity index (χ0) is 18.8. The summed E-state index contributed by atoms with van der Waals surface area (Å²) in [5, 5.41) is 0. The normalized spacial score (nSPS) is 24.2. The van der Waals surface area contributed by atoms with E-state index in [1.807, 2.05) is 19.1 Å². The van der Waals surface area contributed by atoms with E-state index in [0.29, 0.717) is 43.0 Å². The first-order chi connectivity index (χ1) is 13.1. The Bertz CT molecular complexity index is 817. The molecular formula is C19H23N5O3. The molecule has 2 N–H and O–H groups in total. The van der Waals surface area contributed by atoms with E-state index in [4.69, 9.17) is 9.47 Å². The van der Waals surface area contributed by atoms with Gasteiger partial charge in [-0.25, -0.2) is 10.4 Å². The second kappa shape index (κ2) is 7.48. The minimum absolute atomic E-state index is 0.00503. The molecular weight excluding hydrogens is 346 g/mol. The third-order valence-electron chi connectivity index (χ3n) is 5.05.